The van der Waals surface area contributed by atoms with Gasteiger partial charge in [0.2, 0.25) is 5.91 Å². The van der Waals surface area contributed by atoms with Crippen molar-refractivity contribution in [3.05, 3.63) is 29.8 Å². The topological polar surface area (TPSA) is 53.3 Å². The van der Waals surface area contributed by atoms with E-state index in [4.69, 9.17) is 10.00 Å². The molecule has 2 unspecified atom stereocenters. The molecule has 1 aliphatic rings. The van der Waals surface area contributed by atoms with E-state index < -0.39 is 0 Å². The van der Waals surface area contributed by atoms with E-state index in [0.717, 1.165) is 12.1 Å². The van der Waals surface area contributed by atoms with Crippen molar-refractivity contribution in [2.45, 2.75) is 19.4 Å². The lowest BCUT2D eigenvalue weighted by molar-refractivity contribution is -0.123. The Labute approximate surface area is 107 Å². The lowest BCUT2D eigenvalue weighted by atomic mass is 10.0. The molecule has 0 saturated carbocycles. The number of hydrogen-bond donors (Lipinski definition) is 0. The molecule has 0 radical (unpaired) electrons. The van der Waals surface area contributed by atoms with Gasteiger partial charge >= 0.3 is 0 Å². The second-order valence-electron chi connectivity index (χ2n) is 4.53. The maximum absolute atomic E-state index is 12.3. The minimum atomic E-state index is -0.0642. The van der Waals surface area contributed by atoms with Gasteiger partial charge in [0.1, 0.15) is 0 Å². The van der Waals surface area contributed by atoms with Gasteiger partial charge in [-0.15, -0.1) is 0 Å². The smallest absolute Gasteiger partial charge is 0.232 e. The molecule has 2 atom stereocenters. The molecule has 1 aromatic rings. The van der Waals surface area contributed by atoms with Crippen LogP contribution in [0.1, 0.15) is 18.9 Å². The Kier molecular flexibility index (Phi) is 3.63. The van der Waals surface area contributed by atoms with Crippen molar-refractivity contribution in [2.24, 2.45) is 5.92 Å². The van der Waals surface area contributed by atoms with Gasteiger partial charge in [-0.05, 0) is 37.6 Å². The fourth-order valence-electron chi connectivity index (χ4n) is 2.19. The van der Waals surface area contributed by atoms with Gasteiger partial charge in [0.05, 0.1) is 23.7 Å². The van der Waals surface area contributed by atoms with Crippen LogP contribution in [0.15, 0.2) is 24.3 Å². The van der Waals surface area contributed by atoms with Crippen molar-refractivity contribution in [1.82, 2.24) is 0 Å². The molecule has 1 heterocycles. The fraction of sp³-hybridized carbons (Fsp3) is 0.429. The molecule has 1 amide bonds. The lowest BCUT2D eigenvalue weighted by Gasteiger charge is -2.22. The Hall–Kier alpha value is -1.86. The summed E-state index contributed by atoms with van der Waals surface area (Å²) in [7, 11) is 1.76. The van der Waals surface area contributed by atoms with Crippen LogP contribution >= 0.6 is 0 Å². The molecule has 0 bridgehead atoms. The number of anilines is 1. The molecule has 1 saturated heterocycles. The highest BCUT2D eigenvalue weighted by Crippen LogP contribution is 2.25. The van der Waals surface area contributed by atoms with Crippen molar-refractivity contribution in [3.63, 3.8) is 0 Å². The number of benzene rings is 1. The third-order valence-corrected chi connectivity index (χ3v) is 3.41. The van der Waals surface area contributed by atoms with Gasteiger partial charge in [-0.1, -0.05) is 0 Å². The summed E-state index contributed by atoms with van der Waals surface area (Å²) in [5.41, 5.74) is 1.40. The van der Waals surface area contributed by atoms with Crippen LogP contribution in [0, 0.1) is 17.2 Å². The number of nitrogens with zero attached hydrogens (tertiary/aromatic N) is 2. The van der Waals surface area contributed by atoms with Crippen molar-refractivity contribution in [1.29, 1.82) is 5.26 Å². The molecule has 0 N–H and O–H groups in total. The molecular formula is C14H16N2O2. The first-order chi connectivity index (χ1) is 8.63. The van der Waals surface area contributed by atoms with Crippen molar-refractivity contribution < 1.29 is 9.53 Å². The van der Waals surface area contributed by atoms with E-state index >= 15 is 0 Å². The third kappa shape index (κ3) is 2.36. The SMILES string of the molecule is CC1OCCC1C(=O)N(C)c1ccc(C#N)cc1. The average molecular weight is 244 g/mol. The van der Waals surface area contributed by atoms with Crippen LogP contribution in [0.4, 0.5) is 5.69 Å². The van der Waals surface area contributed by atoms with Crippen LogP contribution in [-0.2, 0) is 9.53 Å². The maximum atomic E-state index is 12.3. The van der Waals surface area contributed by atoms with Crippen LogP contribution in [0.25, 0.3) is 0 Å². The van der Waals surface area contributed by atoms with Gasteiger partial charge < -0.3 is 9.64 Å². The first-order valence-corrected chi connectivity index (χ1v) is 6.03. The minimum absolute atomic E-state index is 0.0154. The zero-order chi connectivity index (χ0) is 13.1. The van der Waals surface area contributed by atoms with E-state index in [1.54, 1.807) is 36.2 Å². The van der Waals surface area contributed by atoms with Crippen LogP contribution in [-0.4, -0.2) is 25.7 Å². The highest BCUT2D eigenvalue weighted by atomic mass is 16.5. The lowest BCUT2D eigenvalue weighted by Crippen LogP contribution is -2.35. The van der Waals surface area contributed by atoms with E-state index in [2.05, 4.69) is 6.07 Å². The second-order valence-corrected chi connectivity index (χ2v) is 4.53. The first kappa shape index (κ1) is 12.6. The molecule has 18 heavy (non-hydrogen) atoms. The quantitative estimate of drug-likeness (QED) is 0.799. The summed E-state index contributed by atoms with van der Waals surface area (Å²) in [6.45, 7) is 2.58. The number of hydrogen-bond acceptors (Lipinski definition) is 3. The van der Waals surface area contributed by atoms with Crippen LogP contribution in [0.5, 0.6) is 0 Å². The van der Waals surface area contributed by atoms with E-state index in [9.17, 15) is 4.79 Å². The summed E-state index contributed by atoms with van der Waals surface area (Å²) in [5.74, 6) is 0.00958. The molecule has 2 rings (SSSR count). The Bertz CT molecular complexity index is 476. The standard InChI is InChI=1S/C14H16N2O2/c1-10-13(7-8-18-10)14(17)16(2)12-5-3-11(9-15)4-6-12/h3-6,10,13H,7-8H2,1-2H3. The number of nitriles is 1. The van der Waals surface area contributed by atoms with Crippen molar-refractivity contribution in [3.8, 4) is 6.07 Å². The number of carbonyl (C=O) groups excluding carboxylic acids is 1. The van der Waals surface area contributed by atoms with Gasteiger partial charge in [-0.2, -0.15) is 5.26 Å². The van der Waals surface area contributed by atoms with Crippen LogP contribution in [0.2, 0.25) is 0 Å². The van der Waals surface area contributed by atoms with Crippen molar-refractivity contribution in [2.75, 3.05) is 18.6 Å². The van der Waals surface area contributed by atoms with Gasteiger partial charge in [0.25, 0.3) is 0 Å². The fourth-order valence-corrected chi connectivity index (χ4v) is 2.19. The van der Waals surface area contributed by atoms with Gasteiger partial charge in [0.15, 0.2) is 0 Å². The predicted octanol–water partition coefficient (Wildman–Crippen LogP) is 1.95. The van der Waals surface area contributed by atoms with E-state index in [-0.39, 0.29) is 17.9 Å². The molecule has 0 spiro atoms. The molecule has 4 heteroatoms. The molecule has 4 nitrogen and oxygen atoms in total. The Morgan fingerprint density at radius 1 is 1.44 bits per heavy atom. The number of rotatable bonds is 2. The summed E-state index contributed by atoms with van der Waals surface area (Å²) in [6.07, 6.45) is 0.763. The Balaban J connectivity index is 2.12. The van der Waals surface area contributed by atoms with E-state index in [1.807, 2.05) is 6.92 Å². The number of amides is 1. The summed E-state index contributed by atoms with van der Waals surface area (Å²) < 4.78 is 5.42. The molecule has 0 aromatic heterocycles. The largest absolute Gasteiger partial charge is 0.378 e. The Morgan fingerprint density at radius 2 is 2.11 bits per heavy atom. The highest BCUT2D eigenvalue weighted by molar-refractivity contribution is 5.95. The summed E-state index contributed by atoms with van der Waals surface area (Å²) in [4.78, 5) is 13.9. The second kappa shape index (κ2) is 5.19. The normalized spacial score (nSPS) is 22.5. The van der Waals surface area contributed by atoms with Crippen LogP contribution < -0.4 is 4.90 Å². The predicted molar refractivity (Wildman–Crippen MR) is 68.1 cm³/mol. The Morgan fingerprint density at radius 3 is 2.61 bits per heavy atom. The van der Waals surface area contributed by atoms with E-state index in [0.29, 0.717) is 12.2 Å². The molecule has 94 valence electrons. The monoisotopic (exact) mass is 244 g/mol. The summed E-state index contributed by atoms with van der Waals surface area (Å²) in [5, 5.41) is 8.74. The summed E-state index contributed by atoms with van der Waals surface area (Å²) in [6, 6.07) is 9.07. The number of carbonyl (C=O) groups is 1. The minimum Gasteiger partial charge on any atom is -0.378 e. The zero-order valence-corrected chi connectivity index (χ0v) is 10.6. The third-order valence-electron chi connectivity index (χ3n) is 3.41. The maximum Gasteiger partial charge on any atom is 0.232 e. The van der Waals surface area contributed by atoms with Gasteiger partial charge in [-0.3, -0.25) is 4.79 Å². The van der Waals surface area contributed by atoms with Gasteiger partial charge in [-0.25, -0.2) is 0 Å². The van der Waals surface area contributed by atoms with Crippen LogP contribution in [0.3, 0.4) is 0 Å². The average Bonchev–Trinajstić information content (AvgIpc) is 2.83. The van der Waals surface area contributed by atoms with E-state index in [1.165, 1.54) is 0 Å². The molecule has 1 aromatic carbocycles. The summed E-state index contributed by atoms with van der Waals surface area (Å²) >= 11 is 0. The van der Waals surface area contributed by atoms with Gasteiger partial charge in [0, 0.05) is 19.3 Å². The molecule has 1 fully saturated rings. The zero-order valence-electron chi connectivity index (χ0n) is 10.6. The highest BCUT2D eigenvalue weighted by Gasteiger charge is 2.33. The molecule has 1 aliphatic heterocycles. The first-order valence-electron chi connectivity index (χ1n) is 6.03. The van der Waals surface area contributed by atoms with Crippen molar-refractivity contribution >= 4 is 11.6 Å². The molecular weight excluding hydrogens is 228 g/mol. The number of ether oxygens (including phenoxy) is 1. The molecule has 0 aliphatic carbocycles.